The highest BCUT2D eigenvalue weighted by Gasteiger charge is 2.40. The Labute approximate surface area is 181 Å². The molecule has 2 aromatic rings. The molecule has 30 heavy (non-hydrogen) atoms. The van der Waals surface area contributed by atoms with Gasteiger partial charge in [-0.25, -0.2) is 0 Å². The summed E-state index contributed by atoms with van der Waals surface area (Å²) in [6, 6.07) is 8.79. The molecule has 1 atom stereocenters. The van der Waals surface area contributed by atoms with Crippen LogP contribution in [0.1, 0.15) is 49.4 Å². The number of nitrogens with two attached hydrogens (primary N) is 1. The molecule has 162 valence electrons. The number of carbonyl (C=O) groups is 2. The Balaban J connectivity index is 1.73. The topological polar surface area (TPSA) is 98.7 Å². The summed E-state index contributed by atoms with van der Waals surface area (Å²) in [6.07, 6.45) is 2.35. The highest BCUT2D eigenvalue weighted by molar-refractivity contribution is 6.30. The summed E-state index contributed by atoms with van der Waals surface area (Å²) in [6.45, 7) is 5.36. The second-order valence-corrected chi connectivity index (χ2v) is 8.94. The monoisotopic (exact) mass is 433 g/mol. The molecule has 2 N–H and O–H groups in total. The molecule has 3 rings (SSSR count). The number of hydrogen-bond acceptors (Lipinski definition) is 5. The molecule has 1 fully saturated rings. The van der Waals surface area contributed by atoms with Gasteiger partial charge in [0.2, 0.25) is 11.7 Å². The SMILES string of the molecule is CC(C)Cc1cc(C(=O)N2CCC[C@](COc3cccc(Cl)c3)(CC(N)=O)C2)on1. The number of piperidine rings is 1. The molecule has 1 aliphatic heterocycles. The largest absolute Gasteiger partial charge is 0.493 e. The summed E-state index contributed by atoms with van der Waals surface area (Å²) in [5, 5.41) is 4.58. The van der Waals surface area contributed by atoms with Crippen LogP contribution in [-0.4, -0.2) is 41.6 Å². The van der Waals surface area contributed by atoms with Crippen molar-refractivity contribution in [2.24, 2.45) is 17.1 Å². The molecule has 7 nitrogen and oxygen atoms in total. The van der Waals surface area contributed by atoms with Gasteiger partial charge in [-0.05, 0) is 43.4 Å². The average molecular weight is 434 g/mol. The second-order valence-electron chi connectivity index (χ2n) is 8.50. The zero-order valence-corrected chi connectivity index (χ0v) is 18.2. The molecule has 1 aromatic carbocycles. The Bertz CT molecular complexity index is 898. The molecule has 2 amide bonds. The fraction of sp³-hybridized carbons (Fsp3) is 0.500. The maximum atomic E-state index is 13.0. The Morgan fingerprint density at radius 1 is 1.37 bits per heavy atom. The third-order valence-electron chi connectivity index (χ3n) is 5.23. The van der Waals surface area contributed by atoms with Gasteiger partial charge < -0.3 is 19.9 Å². The van der Waals surface area contributed by atoms with E-state index in [-0.39, 0.29) is 24.7 Å². The zero-order chi connectivity index (χ0) is 21.7. The first-order valence-electron chi connectivity index (χ1n) is 10.2. The quantitative estimate of drug-likeness (QED) is 0.684. The molecule has 1 aliphatic rings. The molecule has 0 saturated carbocycles. The number of benzene rings is 1. The first-order valence-corrected chi connectivity index (χ1v) is 10.6. The van der Waals surface area contributed by atoms with Crippen LogP contribution in [0.2, 0.25) is 5.02 Å². The molecule has 0 spiro atoms. The third kappa shape index (κ3) is 5.75. The molecule has 8 heteroatoms. The van der Waals surface area contributed by atoms with Gasteiger partial charge in [0.15, 0.2) is 0 Å². The van der Waals surface area contributed by atoms with Crippen molar-refractivity contribution in [3.8, 4) is 5.75 Å². The number of rotatable bonds is 8. The Morgan fingerprint density at radius 2 is 2.17 bits per heavy atom. The molecular weight excluding hydrogens is 406 g/mol. The number of hydrogen-bond donors (Lipinski definition) is 1. The van der Waals surface area contributed by atoms with Crippen LogP contribution in [0.25, 0.3) is 0 Å². The minimum Gasteiger partial charge on any atom is -0.493 e. The van der Waals surface area contributed by atoms with Crippen LogP contribution >= 0.6 is 11.6 Å². The van der Waals surface area contributed by atoms with Gasteiger partial charge in [0.25, 0.3) is 5.91 Å². The predicted molar refractivity (Wildman–Crippen MR) is 113 cm³/mol. The Kier molecular flexibility index (Phi) is 7.02. The van der Waals surface area contributed by atoms with Crippen molar-refractivity contribution in [2.75, 3.05) is 19.7 Å². The van der Waals surface area contributed by atoms with E-state index in [4.69, 9.17) is 26.6 Å². The number of nitrogens with zero attached hydrogens (tertiary/aromatic N) is 2. The van der Waals surface area contributed by atoms with Gasteiger partial charge in [0.1, 0.15) is 5.75 Å². The fourth-order valence-electron chi connectivity index (χ4n) is 3.94. The number of carbonyl (C=O) groups excluding carboxylic acids is 2. The summed E-state index contributed by atoms with van der Waals surface area (Å²) in [5.74, 6) is 0.603. The fourth-order valence-corrected chi connectivity index (χ4v) is 4.12. The number of likely N-dealkylation sites (tertiary alicyclic amines) is 1. The number of primary amides is 1. The standard InChI is InChI=1S/C22H28ClN3O4/c1-15(2)9-17-11-19(30-25-17)21(28)26-8-4-7-22(13-26,12-20(24)27)14-29-18-6-3-5-16(23)10-18/h3,5-6,10-11,15H,4,7-9,12-14H2,1-2H3,(H2,24,27)/t22-/m0/s1. The zero-order valence-electron chi connectivity index (χ0n) is 17.4. The van der Waals surface area contributed by atoms with E-state index in [1.54, 1.807) is 35.2 Å². The Hall–Kier alpha value is -2.54. The molecule has 1 saturated heterocycles. The smallest absolute Gasteiger partial charge is 0.292 e. The third-order valence-corrected chi connectivity index (χ3v) is 5.46. The van der Waals surface area contributed by atoms with Gasteiger partial charge in [-0.1, -0.05) is 36.7 Å². The number of ether oxygens (including phenoxy) is 1. The van der Waals surface area contributed by atoms with E-state index >= 15 is 0 Å². The lowest BCUT2D eigenvalue weighted by Crippen LogP contribution is -2.50. The second kappa shape index (κ2) is 9.51. The normalized spacial score (nSPS) is 19.1. The van der Waals surface area contributed by atoms with Crippen molar-refractivity contribution in [3.63, 3.8) is 0 Å². The van der Waals surface area contributed by atoms with Crippen LogP contribution in [0.4, 0.5) is 0 Å². The molecular formula is C22H28ClN3O4. The maximum absolute atomic E-state index is 13.0. The van der Waals surface area contributed by atoms with Crippen LogP contribution in [0.15, 0.2) is 34.9 Å². The minimum absolute atomic E-state index is 0.131. The predicted octanol–water partition coefficient (Wildman–Crippen LogP) is 3.70. The lowest BCUT2D eigenvalue weighted by Gasteiger charge is -2.41. The molecule has 0 unspecified atom stereocenters. The van der Waals surface area contributed by atoms with Crippen LogP contribution in [0.3, 0.4) is 0 Å². The van der Waals surface area contributed by atoms with Crippen molar-refractivity contribution in [3.05, 3.63) is 46.8 Å². The summed E-state index contributed by atoms with van der Waals surface area (Å²) in [4.78, 5) is 26.5. The summed E-state index contributed by atoms with van der Waals surface area (Å²) in [5.41, 5.74) is 5.73. The van der Waals surface area contributed by atoms with Gasteiger partial charge in [-0.3, -0.25) is 9.59 Å². The molecule has 0 aliphatic carbocycles. The minimum atomic E-state index is -0.567. The van der Waals surface area contributed by atoms with Crippen LogP contribution in [-0.2, 0) is 11.2 Å². The van der Waals surface area contributed by atoms with E-state index in [9.17, 15) is 9.59 Å². The lowest BCUT2D eigenvalue weighted by molar-refractivity contribution is -0.122. The molecule has 2 heterocycles. The summed E-state index contributed by atoms with van der Waals surface area (Å²) < 4.78 is 11.2. The van der Waals surface area contributed by atoms with Crippen molar-refractivity contribution in [1.29, 1.82) is 0 Å². The van der Waals surface area contributed by atoms with E-state index in [0.29, 0.717) is 29.8 Å². The number of amides is 2. The van der Waals surface area contributed by atoms with E-state index in [1.807, 2.05) is 0 Å². The van der Waals surface area contributed by atoms with Crippen LogP contribution in [0.5, 0.6) is 5.75 Å². The lowest BCUT2D eigenvalue weighted by atomic mass is 9.77. The van der Waals surface area contributed by atoms with Gasteiger partial charge in [-0.15, -0.1) is 0 Å². The first kappa shape index (κ1) is 22.2. The van der Waals surface area contributed by atoms with E-state index < -0.39 is 11.3 Å². The maximum Gasteiger partial charge on any atom is 0.292 e. The summed E-state index contributed by atoms with van der Waals surface area (Å²) >= 11 is 6.03. The van der Waals surface area contributed by atoms with Crippen molar-refractivity contribution in [2.45, 2.75) is 39.5 Å². The highest BCUT2D eigenvalue weighted by Crippen LogP contribution is 2.35. The number of aromatic nitrogens is 1. The van der Waals surface area contributed by atoms with E-state index in [0.717, 1.165) is 25.0 Å². The summed E-state index contributed by atoms with van der Waals surface area (Å²) in [7, 11) is 0. The van der Waals surface area contributed by atoms with Crippen molar-refractivity contribution in [1.82, 2.24) is 10.1 Å². The highest BCUT2D eigenvalue weighted by atomic mass is 35.5. The average Bonchev–Trinajstić information content (AvgIpc) is 3.13. The van der Waals surface area contributed by atoms with Gasteiger partial charge in [0, 0.05) is 36.0 Å². The van der Waals surface area contributed by atoms with E-state index in [1.165, 1.54) is 0 Å². The van der Waals surface area contributed by atoms with Crippen molar-refractivity contribution >= 4 is 23.4 Å². The van der Waals surface area contributed by atoms with Crippen LogP contribution < -0.4 is 10.5 Å². The first-order chi connectivity index (χ1) is 14.3. The van der Waals surface area contributed by atoms with Gasteiger partial charge in [-0.2, -0.15) is 0 Å². The van der Waals surface area contributed by atoms with Gasteiger partial charge in [0.05, 0.1) is 12.3 Å². The van der Waals surface area contributed by atoms with Crippen LogP contribution in [0, 0.1) is 11.3 Å². The molecule has 1 aromatic heterocycles. The van der Waals surface area contributed by atoms with E-state index in [2.05, 4.69) is 19.0 Å². The molecule has 0 radical (unpaired) electrons. The Morgan fingerprint density at radius 3 is 2.87 bits per heavy atom. The number of halogens is 1. The van der Waals surface area contributed by atoms with Crippen molar-refractivity contribution < 1.29 is 18.8 Å². The van der Waals surface area contributed by atoms with Gasteiger partial charge >= 0.3 is 0 Å². The molecule has 0 bridgehead atoms.